The maximum atomic E-state index is 11.5. The lowest BCUT2D eigenvalue weighted by Gasteiger charge is -2.16. The number of sulfonamides is 1. The van der Waals surface area contributed by atoms with Gasteiger partial charge >= 0.3 is 0 Å². The fraction of sp³-hybridized carbons (Fsp3) is 0.267. The molecule has 0 unspecified atom stereocenters. The summed E-state index contributed by atoms with van der Waals surface area (Å²) < 4.78 is 23.1. The second-order valence-corrected chi connectivity index (χ2v) is 6.78. The van der Waals surface area contributed by atoms with Gasteiger partial charge in [0.1, 0.15) is 10.7 Å². The van der Waals surface area contributed by atoms with E-state index in [-0.39, 0.29) is 10.7 Å². The van der Waals surface area contributed by atoms with Gasteiger partial charge in [-0.05, 0) is 42.3 Å². The Morgan fingerprint density at radius 3 is 2.59 bits per heavy atom. The quantitative estimate of drug-likeness (QED) is 0.875. The van der Waals surface area contributed by atoms with Crippen molar-refractivity contribution in [2.24, 2.45) is 5.14 Å². The van der Waals surface area contributed by atoms with Crippen LogP contribution < -0.4 is 15.4 Å². The van der Waals surface area contributed by atoms with Gasteiger partial charge in [-0.2, -0.15) is 0 Å². The first-order valence-corrected chi connectivity index (χ1v) is 8.32. The molecule has 0 atom stereocenters. The lowest BCUT2D eigenvalue weighted by Crippen LogP contribution is -2.16. The topological polar surface area (TPSA) is 88.3 Å². The van der Waals surface area contributed by atoms with Crippen molar-refractivity contribution in [1.82, 2.24) is 4.98 Å². The van der Waals surface area contributed by atoms with Crippen LogP contribution in [0.15, 0.2) is 41.4 Å². The molecule has 0 spiro atoms. The lowest BCUT2D eigenvalue weighted by molar-refractivity contribution is 0.597. The Morgan fingerprint density at radius 1 is 1.27 bits per heavy atom. The molecule has 118 valence electrons. The van der Waals surface area contributed by atoms with E-state index in [0.29, 0.717) is 6.54 Å². The third kappa shape index (κ3) is 3.75. The number of pyridine rings is 1. The van der Waals surface area contributed by atoms with Gasteiger partial charge in [0.2, 0.25) is 10.0 Å². The van der Waals surface area contributed by atoms with E-state index in [1.165, 1.54) is 12.3 Å². The van der Waals surface area contributed by atoms with Crippen LogP contribution in [0.1, 0.15) is 11.1 Å². The summed E-state index contributed by atoms with van der Waals surface area (Å²) >= 11 is 0. The SMILES string of the molecule is Cc1cc(N(C)C)ccc1CNc1ncccc1S(N)(=O)=O. The molecule has 1 aromatic carbocycles. The smallest absolute Gasteiger partial charge is 0.241 e. The highest BCUT2D eigenvalue weighted by molar-refractivity contribution is 7.89. The average Bonchev–Trinajstić information content (AvgIpc) is 2.45. The minimum absolute atomic E-state index is 0.00225. The van der Waals surface area contributed by atoms with Gasteiger partial charge in [-0.3, -0.25) is 0 Å². The first kappa shape index (κ1) is 16.3. The molecule has 0 amide bonds. The van der Waals surface area contributed by atoms with E-state index in [1.807, 2.05) is 38.1 Å². The van der Waals surface area contributed by atoms with Crippen LogP contribution in [0.3, 0.4) is 0 Å². The van der Waals surface area contributed by atoms with Crippen molar-refractivity contribution in [3.05, 3.63) is 47.7 Å². The Labute approximate surface area is 131 Å². The van der Waals surface area contributed by atoms with Gasteiger partial charge in [0, 0.05) is 32.5 Å². The van der Waals surface area contributed by atoms with Crippen LogP contribution in [0.25, 0.3) is 0 Å². The Bertz CT molecular complexity index is 773. The average molecular weight is 320 g/mol. The highest BCUT2D eigenvalue weighted by Gasteiger charge is 2.14. The third-order valence-electron chi connectivity index (χ3n) is 3.37. The first-order valence-electron chi connectivity index (χ1n) is 6.77. The molecule has 0 aliphatic heterocycles. The van der Waals surface area contributed by atoms with Gasteiger partial charge < -0.3 is 10.2 Å². The second-order valence-electron chi connectivity index (χ2n) is 5.25. The Kier molecular flexibility index (Phi) is 4.68. The molecule has 0 saturated carbocycles. The largest absolute Gasteiger partial charge is 0.378 e. The van der Waals surface area contributed by atoms with Gasteiger partial charge in [0.05, 0.1) is 0 Å². The number of aryl methyl sites for hydroxylation is 1. The number of nitrogens with two attached hydrogens (primary N) is 1. The zero-order valence-electron chi connectivity index (χ0n) is 12.9. The van der Waals surface area contributed by atoms with E-state index in [4.69, 9.17) is 5.14 Å². The van der Waals surface area contributed by atoms with Crippen molar-refractivity contribution in [2.75, 3.05) is 24.3 Å². The molecule has 1 aromatic heterocycles. The number of aromatic nitrogens is 1. The number of anilines is 2. The summed E-state index contributed by atoms with van der Waals surface area (Å²) in [5, 5.41) is 8.24. The Hall–Kier alpha value is -2.12. The molecule has 0 saturated heterocycles. The number of nitrogens with one attached hydrogen (secondary N) is 1. The summed E-state index contributed by atoms with van der Waals surface area (Å²) in [4.78, 5) is 6.08. The van der Waals surface area contributed by atoms with Crippen molar-refractivity contribution >= 4 is 21.5 Å². The van der Waals surface area contributed by atoms with Crippen LogP contribution in [0.2, 0.25) is 0 Å². The molecule has 1 heterocycles. The van der Waals surface area contributed by atoms with Gasteiger partial charge in [-0.1, -0.05) is 6.07 Å². The van der Waals surface area contributed by atoms with Crippen molar-refractivity contribution < 1.29 is 8.42 Å². The molecule has 0 aliphatic carbocycles. The van der Waals surface area contributed by atoms with Gasteiger partial charge in [-0.15, -0.1) is 0 Å². The molecule has 2 rings (SSSR count). The fourth-order valence-electron chi connectivity index (χ4n) is 2.09. The van der Waals surface area contributed by atoms with E-state index in [1.54, 1.807) is 6.07 Å². The number of hydrogen-bond donors (Lipinski definition) is 2. The molecule has 0 aliphatic rings. The first-order chi connectivity index (χ1) is 10.3. The number of benzene rings is 1. The zero-order valence-corrected chi connectivity index (χ0v) is 13.7. The minimum Gasteiger partial charge on any atom is -0.378 e. The monoisotopic (exact) mass is 320 g/mol. The summed E-state index contributed by atoms with van der Waals surface area (Å²) in [5.74, 6) is 0.265. The summed E-state index contributed by atoms with van der Waals surface area (Å²) in [6.07, 6.45) is 1.53. The predicted octanol–water partition coefficient (Wildman–Crippen LogP) is 1.72. The Balaban J connectivity index is 2.21. The molecule has 0 fully saturated rings. The molecule has 0 radical (unpaired) electrons. The lowest BCUT2D eigenvalue weighted by atomic mass is 10.1. The normalized spacial score (nSPS) is 11.3. The highest BCUT2D eigenvalue weighted by atomic mass is 32.2. The minimum atomic E-state index is -3.80. The van der Waals surface area contributed by atoms with Gasteiger partial charge in [0.25, 0.3) is 0 Å². The second kappa shape index (κ2) is 6.33. The maximum absolute atomic E-state index is 11.5. The van der Waals surface area contributed by atoms with E-state index in [2.05, 4.69) is 16.4 Å². The highest BCUT2D eigenvalue weighted by Crippen LogP contribution is 2.20. The van der Waals surface area contributed by atoms with Crippen molar-refractivity contribution in [1.29, 1.82) is 0 Å². The number of nitrogens with zero attached hydrogens (tertiary/aromatic N) is 2. The molecule has 6 nitrogen and oxygen atoms in total. The van der Waals surface area contributed by atoms with Crippen LogP contribution in [-0.2, 0) is 16.6 Å². The molecule has 2 aromatic rings. The van der Waals surface area contributed by atoms with E-state index in [9.17, 15) is 8.42 Å². The van der Waals surface area contributed by atoms with E-state index in [0.717, 1.165) is 16.8 Å². The molecule has 0 bridgehead atoms. The number of primary sulfonamides is 1. The molecular formula is C15H20N4O2S. The standard InChI is InChI=1S/C15H20N4O2S/c1-11-9-13(19(2)3)7-6-12(11)10-18-15-14(22(16,20)21)5-4-8-17-15/h4-9H,10H2,1-3H3,(H,17,18)(H2,16,20,21). The van der Waals surface area contributed by atoms with Crippen LogP contribution in [-0.4, -0.2) is 27.5 Å². The predicted molar refractivity (Wildman–Crippen MR) is 88.4 cm³/mol. The molecule has 7 heteroatoms. The van der Waals surface area contributed by atoms with Crippen molar-refractivity contribution in [2.45, 2.75) is 18.4 Å². The van der Waals surface area contributed by atoms with Crippen molar-refractivity contribution in [3.63, 3.8) is 0 Å². The number of rotatable bonds is 5. The van der Waals surface area contributed by atoms with Crippen LogP contribution in [0.5, 0.6) is 0 Å². The van der Waals surface area contributed by atoms with Crippen LogP contribution >= 0.6 is 0 Å². The van der Waals surface area contributed by atoms with Crippen LogP contribution in [0, 0.1) is 6.92 Å². The van der Waals surface area contributed by atoms with Crippen molar-refractivity contribution in [3.8, 4) is 0 Å². The van der Waals surface area contributed by atoms with E-state index < -0.39 is 10.0 Å². The Morgan fingerprint density at radius 2 is 2.00 bits per heavy atom. The maximum Gasteiger partial charge on any atom is 0.241 e. The summed E-state index contributed by atoms with van der Waals surface area (Å²) in [7, 11) is 0.173. The van der Waals surface area contributed by atoms with Crippen LogP contribution in [0.4, 0.5) is 11.5 Å². The molecular weight excluding hydrogens is 300 g/mol. The molecule has 3 N–H and O–H groups in total. The van der Waals surface area contributed by atoms with Gasteiger partial charge in [-0.25, -0.2) is 18.5 Å². The summed E-state index contributed by atoms with van der Waals surface area (Å²) in [5.41, 5.74) is 3.30. The van der Waals surface area contributed by atoms with Gasteiger partial charge in [0.15, 0.2) is 0 Å². The fourth-order valence-corrected chi connectivity index (χ4v) is 2.75. The third-order valence-corrected chi connectivity index (χ3v) is 4.31. The van der Waals surface area contributed by atoms with E-state index >= 15 is 0 Å². The summed E-state index contributed by atoms with van der Waals surface area (Å²) in [6.45, 7) is 2.49. The molecule has 22 heavy (non-hydrogen) atoms. The summed E-state index contributed by atoms with van der Waals surface area (Å²) in [6, 6.07) is 9.09. The number of hydrogen-bond acceptors (Lipinski definition) is 5. The zero-order chi connectivity index (χ0) is 16.3.